The predicted octanol–water partition coefficient (Wildman–Crippen LogP) is 4.40. The molecule has 3 nitrogen and oxygen atoms in total. The highest BCUT2D eigenvalue weighted by Crippen LogP contribution is 2.33. The molecule has 0 amide bonds. The highest BCUT2D eigenvalue weighted by atomic mass is 35.5. The number of aromatic nitrogens is 1. The van der Waals surface area contributed by atoms with E-state index in [2.05, 4.69) is 4.98 Å². The van der Waals surface area contributed by atoms with Crippen LogP contribution >= 0.6 is 11.6 Å². The number of halogens is 2. The average molecular weight is 289 g/mol. The van der Waals surface area contributed by atoms with Crippen LogP contribution in [0.5, 0.6) is 11.5 Å². The average Bonchev–Trinajstić information content (AvgIpc) is 2.46. The van der Waals surface area contributed by atoms with Crippen LogP contribution in [0.4, 0.5) is 10.1 Å². The second-order valence-electron chi connectivity index (χ2n) is 4.23. The third kappa shape index (κ3) is 2.26. The number of hydrogen-bond donors (Lipinski definition) is 1. The largest absolute Gasteiger partial charge is 0.455 e. The first kappa shape index (κ1) is 12.7. The van der Waals surface area contributed by atoms with Crippen molar-refractivity contribution in [1.29, 1.82) is 0 Å². The van der Waals surface area contributed by atoms with E-state index in [4.69, 9.17) is 22.1 Å². The number of rotatable bonds is 2. The Morgan fingerprint density at radius 2 is 2.00 bits per heavy atom. The van der Waals surface area contributed by atoms with Crippen LogP contribution in [0.1, 0.15) is 0 Å². The molecule has 0 saturated heterocycles. The summed E-state index contributed by atoms with van der Waals surface area (Å²) in [6.45, 7) is 0. The fraction of sp³-hybridized carbons (Fsp3) is 0. The molecule has 5 heteroatoms. The van der Waals surface area contributed by atoms with Crippen LogP contribution in [0, 0.1) is 5.82 Å². The predicted molar refractivity (Wildman–Crippen MR) is 77.6 cm³/mol. The molecule has 0 spiro atoms. The van der Waals surface area contributed by atoms with E-state index in [9.17, 15) is 4.39 Å². The molecule has 20 heavy (non-hydrogen) atoms. The van der Waals surface area contributed by atoms with E-state index in [1.807, 2.05) is 12.1 Å². The van der Waals surface area contributed by atoms with Crippen molar-refractivity contribution >= 4 is 28.2 Å². The van der Waals surface area contributed by atoms with E-state index >= 15 is 0 Å². The van der Waals surface area contributed by atoms with Gasteiger partial charge in [-0.3, -0.25) is 4.98 Å². The van der Waals surface area contributed by atoms with Crippen LogP contribution in [0.3, 0.4) is 0 Å². The van der Waals surface area contributed by atoms with Crippen molar-refractivity contribution in [2.75, 3.05) is 5.73 Å². The van der Waals surface area contributed by atoms with Crippen molar-refractivity contribution in [2.45, 2.75) is 0 Å². The first-order valence-electron chi connectivity index (χ1n) is 5.91. The van der Waals surface area contributed by atoms with Gasteiger partial charge in [0.1, 0.15) is 11.6 Å². The van der Waals surface area contributed by atoms with Gasteiger partial charge in [0.15, 0.2) is 5.75 Å². The molecule has 1 aromatic heterocycles. The minimum absolute atomic E-state index is 0.00327. The zero-order valence-corrected chi connectivity index (χ0v) is 11.1. The summed E-state index contributed by atoms with van der Waals surface area (Å²) >= 11 is 5.72. The second-order valence-corrected chi connectivity index (χ2v) is 4.63. The molecule has 3 aromatic rings. The van der Waals surface area contributed by atoms with Gasteiger partial charge in [-0.1, -0.05) is 11.6 Å². The Balaban J connectivity index is 2.02. The maximum Gasteiger partial charge on any atom is 0.151 e. The summed E-state index contributed by atoms with van der Waals surface area (Å²) in [7, 11) is 0. The van der Waals surface area contributed by atoms with Gasteiger partial charge in [0.25, 0.3) is 0 Å². The standard InChI is InChI=1S/C15H10ClFN2O/c16-11-8-9(3-4-12(11)17)20-14-6-5-13-10(15(14)18)2-1-7-19-13/h1-8H,18H2. The van der Waals surface area contributed by atoms with E-state index in [1.54, 1.807) is 18.3 Å². The maximum atomic E-state index is 13.1. The summed E-state index contributed by atoms with van der Waals surface area (Å²) in [4.78, 5) is 4.21. The summed E-state index contributed by atoms with van der Waals surface area (Å²) < 4.78 is 18.8. The smallest absolute Gasteiger partial charge is 0.151 e. The molecule has 1 heterocycles. The molecule has 2 aromatic carbocycles. The number of fused-ring (bicyclic) bond motifs is 1. The molecule has 0 radical (unpaired) electrons. The Bertz CT molecular complexity index is 792. The van der Waals surface area contributed by atoms with Gasteiger partial charge in [0.2, 0.25) is 0 Å². The number of nitrogens with zero attached hydrogens (tertiary/aromatic N) is 1. The molecule has 0 aliphatic rings. The fourth-order valence-electron chi connectivity index (χ4n) is 1.91. The molecule has 0 bridgehead atoms. The van der Waals surface area contributed by atoms with Crippen LogP contribution in [0.15, 0.2) is 48.7 Å². The normalized spacial score (nSPS) is 10.7. The van der Waals surface area contributed by atoms with Crippen molar-refractivity contribution in [3.8, 4) is 11.5 Å². The van der Waals surface area contributed by atoms with Gasteiger partial charge in [-0.15, -0.1) is 0 Å². The topological polar surface area (TPSA) is 48.1 Å². The van der Waals surface area contributed by atoms with Gasteiger partial charge in [-0.2, -0.15) is 0 Å². The van der Waals surface area contributed by atoms with E-state index in [0.29, 0.717) is 17.2 Å². The Labute approximate surface area is 119 Å². The minimum atomic E-state index is -0.491. The van der Waals surface area contributed by atoms with E-state index in [-0.39, 0.29) is 5.02 Å². The summed E-state index contributed by atoms with van der Waals surface area (Å²) in [6.07, 6.45) is 1.70. The number of nitrogens with two attached hydrogens (primary N) is 1. The third-order valence-corrected chi connectivity index (χ3v) is 3.20. The van der Waals surface area contributed by atoms with Crippen molar-refractivity contribution < 1.29 is 9.13 Å². The quantitative estimate of drug-likeness (QED) is 0.711. The SMILES string of the molecule is Nc1c(Oc2ccc(F)c(Cl)c2)ccc2ncccc12. The molecule has 100 valence electrons. The van der Waals surface area contributed by atoms with E-state index in [0.717, 1.165) is 10.9 Å². The van der Waals surface area contributed by atoms with E-state index < -0.39 is 5.82 Å². The summed E-state index contributed by atoms with van der Waals surface area (Å²) in [6, 6.07) is 11.3. The lowest BCUT2D eigenvalue weighted by Crippen LogP contribution is -1.94. The number of hydrogen-bond acceptors (Lipinski definition) is 3. The summed E-state index contributed by atoms with van der Waals surface area (Å²) in [5, 5.41) is 0.807. The second kappa shape index (κ2) is 4.98. The van der Waals surface area contributed by atoms with Crippen molar-refractivity contribution in [3.05, 3.63) is 59.5 Å². The van der Waals surface area contributed by atoms with Crippen LogP contribution in [-0.2, 0) is 0 Å². The Hall–Kier alpha value is -2.33. The fourth-order valence-corrected chi connectivity index (χ4v) is 2.08. The molecule has 2 N–H and O–H groups in total. The van der Waals surface area contributed by atoms with Gasteiger partial charge in [0.05, 0.1) is 16.2 Å². The number of pyridine rings is 1. The molecule has 3 rings (SSSR count). The lowest BCUT2D eigenvalue weighted by atomic mass is 10.1. The number of benzene rings is 2. The number of anilines is 1. The van der Waals surface area contributed by atoms with Gasteiger partial charge < -0.3 is 10.5 Å². The Morgan fingerprint density at radius 1 is 1.15 bits per heavy atom. The lowest BCUT2D eigenvalue weighted by Gasteiger charge is -2.10. The van der Waals surface area contributed by atoms with Crippen molar-refractivity contribution in [2.24, 2.45) is 0 Å². The van der Waals surface area contributed by atoms with Crippen LogP contribution in [0.25, 0.3) is 10.9 Å². The minimum Gasteiger partial charge on any atom is -0.455 e. The first-order chi connectivity index (χ1) is 9.65. The van der Waals surface area contributed by atoms with Crippen LogP contribution < -0.4 is 10.5 Å². The summed E-state index contributed by atoms with van der Waals surface area (Å²) in [5.74, 6) is 0.411. The van der Waals surface area contributed by atoms with Gasteiger partial charge >= 0.3 is 0 Å². The van der Waals surface area contributed by atoms with Gasteiger partial charge in [0, 0.05) is 17.6 Å². The number of nitrogen functional groups attached to an aromatic ring is 1. The highest BCUT2D eigenvalue weighted by Gasteiger charge is 2.08. The Morgan fingerprint density at radius 3 is 2.80 bits per heavy atom. The molecular formula is C15H10ClFN2O. The zero-order valence-electron chi connectivity index (χ0n) is 10.3. The molecule has 0 saturated carbocycles. The molecule has 0 fully saturated rings. The first-order valence-corrected chi connectivity index (χ1v) is 6.29. The maximum absolute atomic E-state index is 13.1. The van der Waals surface area contributed by atoms with Crippen molar-refractivity contribution in [3.63, 3.8) is 0 Å². The van der Waals surface area contributed by atoms with Crippen molar-refractivity contribution in [1.82, 2.24) is 4.98 Å². The van der Waals surface area contributed by atoms with E-state index in [1.165, 1.54) is 18.2 Å². The Kier molecular flexibility index (Phi) is 3.16. The highest BCUT2D eigenvalue weighted by molar-refractivity contribution is 6.30. The molecule has 0 aliphatic heterocycles. The number of ether oxygens (including phenoxy) is 1. The molecular weight excluding hydrogens is 279 g/mol. The molecule has 0 unspecified atom stereocenters. The molecule has 0 atom stereocenters. The lowest BCUT2D eigenvalue weighted by molar-refractivity contribution is 0.483. The van der Waals surface area contributed by atoms with Crippen LogP contribution in [0.2, 0.25) is 5.02 Å². The molecule has 0 aliphatic carbocycles. The van der Waals surface area contributed by atoms with Gasteiger partial charge in [-0.25, -0.2) is 4.39 Å². The van der Waals surface area contributed by atoms with Gasteiger partial charge in [-0.05, 0) is 36.4 Å². The monoisotopic (exact) mass is 288 g/mol. The third-order valence-electron chi connectivity index (χ3n) is 2.91. The van der Waals surface area contributed by atoms with Crippen LogP contribution in [-0.4, -0.2) is 4.98 Å². The summed E-state index contributed by atoms with van der Waals surface area (Å²) in [5.41, 5.74) is 7.33. The zero-order chi connectivity index (χ0) is 14.1.